The van der Waals surface area contributed by atoms with Crippen LogP contribution in [0.2, 0.25) is 0 Å². The van der Waals surface area contributed by atoms with Gasteiger partial charge in [-0.05, 0) is 83.9 Å². The molecule has 3 aromatic carbocycles. The second-order valence-electron chi connectivity index (χ2n) is 11.5. The number of aromatic amines is 2. The number of aromatic nitrogens is 4. The molecule has 2 aromatic heterocycles. The molecular formula is C34H44N6O3. The molecule has 0 fully saturated rings. The van der Waals surface area contributed by atoms with Crippen molar-refractivity contribution in [2.45, 2.75) is 32.6 Å². The van der Waals surface area contributed by atoms with Crippen molar-refractivity contribution in [2.75, 3.05) is 61.1 Å². The monoisotopic (exact) mass is 584 g/mol. The summed E-state index contributed by atoms with van der Waals surface area (Å²) in [7, 11) is 8.29. The average Bonchev–Trinajstić information content (AvgIpc) is 3.61. The van der Waals surface area contributed by atoms with E-state index in [9.17, 15) is 0 Å². The van der Waals surface area contributed by atoms with Crippen LogP contribution in [0, 0.1) is 0 Å². The molecule has 228 valence electrons. The Labute approximate surface area is 254 Å². The number of imidazole rings is 2. The summed E-state index contributed by atoms with van der Waals surface area (Å²) < 4.78 is 18.3. The third-order valence-electron chi connectivity index (χ3n) is 7.21. The minimum Gasteiger partial charge on any atom is -0.493 e. The van der Waals surface area contributed by atoms with E-state index in [1.165, 1.54) is 0 Å². The maximum absolute atomic E-state index is 6.31. The van der Waals surface area contributed by atoms with Gasteiger partial charge in [-0.2, -0.15) is 0 Å². The van der Waals surface area contributed by atoms with Gasteiger partial charge in [-0.3, -0.25) is 0 Å². The molecule has 0 unspecified atom stereocenters. The molecule has 0 amide bonds. The first-order chi connectivity index (χ1) is 20.9. The number of hydrogen-bond donors (Lipinski definition) is 2. The van der Waals surface area contributed by atoms with Gasteiger partial charge in [-0.25, -0.2) is 9.97 Å². The molecule has 5 aromatic rings. The number of nitrogens with one attached hydrogen (secondary N) is 2. The Morgan fingerprint density at radius 3 is 1.77 bits per heavy atom. The standard InChI is InChI=1S/C34H44N6O3/c1-6-7-18-43-32-21-24(33-35-28-14-11-25(22-30(28)37-33)41-19-8-16-39(2)3)10-13-27(32)34-36-29-15-12-26(23-31(29)38-34)42-20-9-17-40(4)5/h10-15,21-23H,6-9,16-20H2,1-5H3,(H,35,37)(H,36,38). The van der Waals surface area contributed by atoms with E-state index in [-0.39, 0.29) is 0 Å². The van der Waals surface area contributed by atoms with E-state index >= 15 is 0 Å². The lowest BCUT2D eigenvalue weighted by Gasteiger charge is -2.11. The van der Waals surface area contributed by atoms with E-state index in [1.54, 1.807) is 0 Å². The topological polar surface area (TPSA) is 91.5 Å². The lowest BCUT2D eigenvalue weighted by Crippen LogP contribution is -2.15. The summed E-state index contributed by atoms with van der Waals surface area (Å²) in [4.78, 5) is 21.0. The lowest BCUT2D eigenvalue weighted by molar-refractivity contribution is 0.282. The van der Waals surface area contributed by atoms with E-state index in [4.69, 9.17) is 24.2 Å². The average molecular weight is 585 g/mol. The molecule has 0 saturated heterocycles. The molecule has 0 bridgehead atoms. The molecule has 5 rings (SSSR count). The SMILES string of the molecule is CCCCOc1cc(-c2nc3ccc(OCCCN(C)C)cc3[nH]2)ccc1-c1nc2ccc(OCCCN(C)C)cc2[nH]1. The van der Waals surface area contributed by atoms with Gasteiger partial charge in [0.15, 0.2) is 0 Å². The van der Waals surface area contributed by atoms with Gasteiger partial charge in [0, 0.05) is 30.8 Å². The summed E-state index contributed by atoms with van der Waals surface area (Å²) in [6, 6.07) is 18.2. The quantitative estimate of drug-likeness (QED) is 0.126. The van der Waals surface area contributed by atoms with Crippen LogP contribution in [-0.2, 0) is 0 Å². The first kappa shape index (κ1) is 30.4. The van der Waals surface area contributed by atoms with Crippen LogP contribution in [0.4, 0.5) is 0 Å². The molecule has 9 heteroatoms. The number of nitrogens with zero attached hydrogens (tertiary/aromatic N) is 4. The van der Waals surface area contributed by atoms with E-state index in [0.29, 0.717) is 19.8 Å². The van der Waals surface area contributed by atoms with Crippen LogP contribution in [0.5, 0.6) is 17.2 Å². The van der Waals surface area contributed by atoms with Crippen LogP contribution >= 0.6 is 0 Å². The Bertz CT molecular complexity index is 1620. The van der Waals surface area contributed by atoms with Crippen LogP contribution in [0.25, 0.3) is 44.8 Å². The molecule has 2 heterocycles. The molecule has 9 nitrogen and oxygen atoms in total. The van der Waals surface area contributed by atoms with Gasteiger partial charge in [-0.15, -0.1) is 0 Å². The smallest absolute Gasteiger partial charge is 0.142 e. The third-order valence-corrected chi connectivity index (χ3v) is 7.21. The maximum atomic E-state index is 6.31. The summed E-state index contributed by atoms with van der Waals surface area (Å²) >= 11 is 0. The van der Waals surface area contributed by atoms with Gasteiger partial charge in [0.2, 0.25) is 0 Å². The fourth-order valence-electron chi connectivity index (χ4n) is 4.87. The number of rotatable bonds is 16. The first-order valence-electron chi connectivity index (χ1n) is 15.2. The summed E-state index contributed by atoms with van der Waals surface area (Å²) in [6.07, 6.45) is 3.98. The molecule has 0 aliphatic heterocycles. The van der Waals surface area contributed by atoms with Crippen molar-refractivity contribution >= 4 is 22.1 Å². The van der Waals surface area contributed by atoms with Crippen molar-refractivity contribution in [2.24, 2.45) is 0 Å². The number of ether oxygens (including phenoxy) is 3. The van der Waals surface area contributed by atoms with Crippen LogP contribution in [0.3, 0.4) is 0 Å². The fourth-order valence-corrected chi connectivity index (χ4v) is 4.87. The molecule has 0 spiro atoms. The normalized spacial score (nSPS) is 11.7. The maximum Gasteiger partial charge on any atom is 0.142 e. The molecule has 43 heavy (non-hydrogen) atoms. The second kappa shape index (κ2) is 14.4. The molecule has 0 aliphatic rings. The zero-order valence-electron chi connectivity index (χ0n) is 26.1. The van der Waals surface area contributed by atoms with Crippen molar-refractivity contribution in [3.05, 3.63) is 54.6 Å². The Morgan fingerprint density at radius 1 is 0.628 bits per heavy atom. The highest BCUT2D eigenvalue weighted by Gasteiger charge is 2.15. The van der Waals surface area contributed by atoms with Crippen molar-refractivity contribution in [3.63, 3.8) is 0 Å². The van der Waals surface area contributed by atoms with E-state index < -0.39 is 0 Å². The van der Waals surface area contributed by atoms with E-state index in [2.05, 4.69) is 67.0 Å². The van der Waals surface area contributed by atoms with Crippen molar-refractivity contribution < 1.29 is 14.2 Å². The van der Waals surface area contributed by atoms with Crippen LogP contribution in [0.15, 0.2) is 54.6 Å². The third kappa shape index (κ3) is 8.06. The molecule has 0 aliphatic carbocycles. The Hall–Kier alpha value is -4.08. The zero-order valence-corrected chi connectivity index (χ0v) is 26.1. The molecular weight excluding hydrogens is 540 g/mol. The van der Waals surface area contributed by atoms with Gasteiger partial charge in [0.25, 0.3) is 0 Å². The minimum absolute atomic E-state index is 0.632. The van der Waals surface area contributed by atoms with Crippen LogP contribution in [0.1, 0.15) is 32.6 Å². The summed E-state index contributed by atoms with van der Waals surface area (Å²) in [6.45, 7) is 6.14. The molecule has 0 saturated carbocycles. The predicted molar refractivity (Wildman–Crippen MR) is 174 cm³/mol. The van der Waals surface area contributed by atoms with Crippen molar-refractivity contribution in [3.8, 4) is 40.0 Å². The van der Waals surface area contributed by atoms with Crippen molar-refractivity contribution in [1.82, 2.24) is 29.7 Å². The first-order valence-corrected chi connectivity index (χ1v) is 15.2. The minimum atomic E-state index is 0.632. The Kier molecular flexibility index (Phi) is 10.2. The van der Waals surface area contributed by atoms with E-state index in [1.807, 2.05) is 42.5 Å². The molecule has 0 radical (unpaired) electrons. The van der Waals surface area contributed by atoms with Crippen LogP contribution in [-0.4, -0.2) is 90.8 Å². The zero-order chi connectivity index (χ0) is 30.2. The summed E-state index contributed by atoms with van der Waals surface area (Å²) in [5.74, 6) is 4.00. The number of fused-ring (bicyclic) bond motifs is 2. The van der Waals surface area contributed by atoms with E-state index in [0.717, 1.165) is 101 Å². The number of H-pyrrole nitrogens is 2. The van der Waals surface area contributed by atoms with Gasteiger partial charge < -0.3 is 34.0 Å². The predicted octanol–water partition coefficient (Wildman–Crippen LogP) is 6.61. The molecule has 0 atom stereocenters. The van der Waals surface area contributed by atoms with Gasteiger partial charge in [0.05, 0.1) is 47.5 Å². The summed E-state index contributed by atoms with van der Waals surface area (Å²) in [5.41, 5.74) is 5.51. The molecule has 2 N–H and O–H groups in total. The lowest BCUT2D eigenvalue weighted by atomic mass is 10.1. The number of unbranched alkanes of at least 4 members (excludes halogenated alkanes) is 1. The van der Waals surface area contributed by atoms with Gasteiger partial charge in [0.1, 0.15) is 28.9 Å². The Morgan fingerprint density at radius 2 is 1.19 bits per heavy atom. The fraction of sp³-hybridized carbons (Fsp3) is 0.412. The Balaban J connectivity index is 1.37. The number of hydrogen-bond acceptors (Lipinski definition) is 7. The highest BCUT2D eigenvalue weighted by Crippen LogP contribution is 2.35. The van der Waals surface area contributed by atoms with Crippen LogP contribution < -0.4 is 14.2 Å². The van der Waals surface area contributed by atoms with Crippen molar-refractivity contribution in [1.29, 1.82) is 0 Å². The van der Waals surface area contributed by atoms with Gasteiger partial charge >= 0.3 is 0 Å². The van der Waals surface area contributed by atoms with Gasteiger partial charge in [-0.1, -0.05) is 19.4 Å². The number of benzene rings is 3. The highest BCUT2D eigenvalue weighted by molar-refractivity contribution is 5.84. The largest absolute Gasteiger partial charge is 0.493 e. The second-order valence-corrected chi connectivity index (χ2v) is 11.5. The highest BCUT2D eigenvalue weighted by atomic mass is 16.5. The summed E-state index contributed by atoms with van der Waals surface area (Å²) in [5, 5.41) is 0.